The number of hydrogen-bond donors (Lipinski definition) is 1. The van der Waals surface area contributed by atoms with E-state index in [1.807, 2.05) is 17.0 Å². The first kappa shape index (κ1) is 13.6. The Balaban J connectivity index is 1.59. The number of hydrogen-bond acceptors (Lipinski definition) is 2. The number of nitrogens with zero attached hydrogens (tertiary/aromatic N) is 1. The van der Waals surface area contributed by atoms with Crippen molar-refractivity contribution >= 4 is 11.6 Å². The van der Waals surface area contributed by atoms with Crippen LogP contribution in [0, 0.1) is 5.82 Å². The van der Waals surface area contributed by atoms with E-state index in [2.05, 4.69) is 17.4 Å². The highest BCUT2D eigenvalue weighted by Gasteiger charge is 2.19. The molecule has 1 heterocycles. The third-order valence-corrected chi connectivity index (χ3v) is 3.75. The van der Waals surface area contributed by atoms with Crippen molar-refractivity contribution in [3.63, 3.8) is 0 Å². The summed E-state index contributed by atoms with van der Waals surface area (Å²) < 4.78 is 13.1. The van der Waals surface area contributed by atoms with Gasteiger partial charge in [0.05, 0.1) is 6.54 Å². The molecule has 2 aromatic carbocycles. The monoisotopic (exact) mass is 284 g/mol. The molecule has 0 saturated heterocycles. The van der Waals surface area contributed by atoms with Crippen molar-refractivity contribution < 1.29 is 9.18 Å². The average Bonchev–Trinajstić information content (AvgIpc) is 2.52. The summed E-state index contributed by atoms with van der Waals surface area (Å²) in [7, 11) is 0. The molecule has 0 aliphatic carbocycles. The lowest BCUT2D eigenvalue weighted by Gasteiger charge is -2.29. The van der Waals surface area contributed by atoms with Crippen LogP contribution < -0.4 is 5.32 Å². The van der Waals surface area contributed by atoms with Crippen LogP contribution in [0.2, 0.25) is 0 Å². The maximum atomic E-state index is 13.1. The average molecular weight is 284 g/mol. The smallest absolute Gasteiger partial charge is 0.242 e. The van der Waals surface area contributed by atoms with E-state index >= 15 is 0 Å². The zero-order valence-electron chi connectivity index (χ0n) is 11.7. The van der Waals surface area contributed by atoms with Crippen LogP contribution in [0.25, 0.3) is 0 Å². The lowest BCUT2D eigenvalue weighted by atomic mass is 10.00. The van der Waals surface area contributed by atoms with Crippen molar-refractivity contribution in [2.45, 2.75) is 13.0 Å². The second-order valence-electron chi connectivity index (χ2n) is 5.20. The van der Waals surface area contributed by atoms with E-state index in [0.717, 1.165) is 13.0 Å². The summed E-state index contributed by atoms with van der Waals surface area (Å²) in [4.78, 5) is 14.1. The summed E-state index contributed by atoms with van der Waals surface area (Å²) in [6.07, 6.45) is 0.891. The van der Waals surface area contributed by atoms with E-state index in [1.165, 1.54) is 23.3 Å². The molecule has 0 spiro atoms. The van der Waals surface area contributed by atoms with E-state index in [-0.39, 0.29) is 18.3 Å². The Kier molecular flexibility index (Phi) is 3.86. The van der Waals surface area contributed by atoms with Gasteiger partial charge in [0.25, 0.3) is 0 Å². The molecular formula is C17H17FN2O. The number of benzene rings is 2. The van der Waals surface area contributed by atoms with Gasteiger partial charge in [0.15, 0.2) is 0 Å². The van der Waals surface area contributed by atoms with Crippen LogP contribution >= 0.6 is 0 Å². The fraction of sp³-hybridized carbons (Fsp3) is 0.235. The second-order valence-corrected chi connectivity index (χ2v) is 5.20. The molecule has 0 aromatic heterocycles. The van der Waals surface area contributed by atoms with Crippen LogP contribution in [-0.4, -0.2) is 23.9 Å². The molecule has 0 atom stereocenters. The molecular weight excluding hydrogens is 267 g/mol. The summed E-state index contributed by atoms with van der Waals surface area (Å²) in [5.41, 5.74) is 3.16. The first-order valence-corrected chi connectivity index (χ1v) is 7.06. The minimum absolute atomic E-state index is 0.0359. The number of nitrogens with one attached hydrogen (secondary N) is 1. The van der Waals surface area contributed by atoms with Crippen molar-refractivity contribution in [1.82, 2.24) is 4.90 Å². The SMILES string of the molecule is O=C(CNc1cccc(F)c1)N1CCc2ccccc2C1. The van der Waals surface area contributed by atoms with E-state index in [4.69, 9.17) is 0 Å². The Morgan fingerprint density at radius 1 is 1.14 bits per heavy atom. The topological polar surface area (TPSA) is 32.3 Å². The van der Waals surface area contributed by atoms with Gasteiger partial charge in [-0.1, -0.05) is 30.3 Å². The first-order valence-electron chi connectivity index (χ1n) is 7.06. The van der Waals surface area contributed by atoms with Crippen molar-refractivity contribution in [3.05, 3.63) is 65.5 Å². The number of rotatable bonds is 3. The Morgan fingerprint density at radius 3 is 2.76 bits per heavy atom. The van der Waals surface area contributed by atoms with Crippen molar-refractivity contribution in [2.24, 2.45) is 0 Å². The van der Waals surface area contributed by atoms with E-state index in [9.17, 15) is 9.18 Å². The molecule has 1 aliphatic heterocycles. The van der Waals surface area contributed by atoms with E-state index < -0.39 is 0 Å². The van der Waals surface area contributed by atoms with E-state index in [0.29, 0.717) is 12.2 Å². The highest BCUT2D eigenvalue weighted by Crippen LogP contribution is 2.18. The van der Waals surface area contributed by atoms with Crippen LogP contribution in [0.1, 0.15) is 11.1 Å². The molecule has 2 aromatic rings. The summed E-state index contributed by atoms with van der Waals surface area (Å²) in [5, 5.41) is 2.98. The van der Waals surface area contributed by atoms with Crippen LogP contribution in [-0.2, 0) is 17.8 Å². The maximum absolute atomic E-state index is 13.1. The van der Waals surface area contributed by atoms with Crippen LogP contribution in [0.4, 0.5) is 10.1 Å². The lowest BCUT2D eigenvalue weighted by Crippen LogP contribution is -2.39. The molecule has 1 amide bonds. The zero-order chi connectivity index (χ0) is 14.7. The Bertz CT molecular complexity index is 657. The van der Waals surface area contributed by atoms with Gasteiger partial charge in [-0.05, 0) is 35.7 Å². The minimum atomic E-state index is -0.306. The minimum Gasteiger partial charge on any atom is -0.376 e. The lowest BCUT2D eigenvalue weighted by molar-refractivity contribution is -0.130. The van der Waals surface area contributed by atoms with Crippen molar-refractivity contribution in [3.8, 4) is 0 Å². The molecule has 3 rings (SSSR count). The number of fused-ring (bicyclic) bond motifs is 1. The number of carbonyl (C=O) groups excluding carboxylic acids is 1. The Labute approximate surface area is 123 Å². The molecule has 0 bridgehead atoms. The highest BCUT2D eigenvalue weighted by molar-refractivity contribution is 5.81. The van der Waals surface area contributed by atoms with Gasteiger partial charge in [-0.3, -0.25) is 4.79 Å². The first-order chi connectivity index (χ1) is 10.2. The van der Waals surface area contributed by atoms with Gasteiger partial charge in [0.2, 0.25) is 5.91 Å². The molecule has 0 radical (unpaired) electrons. The third-order valence-electron chi connectivity index (χ3n) is 3.75. The summed E-state index contributed by atoms with van der Waals surface area (Å²) in [6.45, 7) is 1.58. The van der Waals surface area contributed by atoms with E-state index in [1.54, 1.807) is 12.1 Å². The molecule has 108 valence electrons. The van der Waals surface area contributed by atoms with Crippen LogP contribution in [0.15, 0.2) is 48.5 Å². The van der Waals surface area contributed by atoms with Gasteiger partial charge in [0, 0.05) is 18.8 Å². The molecule has 0 saturated carbocycles. The summed E-state index contributed by atoms with van der Waals surface area (Å²) >= 11 is 0. The van der Waals surface area contributed by atoms with Crippen LogP contribution in [0.5, 0.6) is 0 Å². The van der Waals surface area contributed by atoms with Gasteiger partial charge in [0.1, 0.15) is 5.82 Å². The predicted molar refractivity (Wildman–Crippen MR) is 80.5 cm³/mol. The van der Waals surface area contributed by atoms with Crippen LogP contribution in [0.3, 0.4) is 0 Å². The largest absolute Gasteiger partial charge is 0.376 e. The molecule has 1 aliphatic rings. The molecule has 3 nitrogen and oxygen atoms in total. The molecule has 4 heteroatoms. The fourth-order valence-electron chi connectivity index (χ4n) is 2.60. The number of carbonyl (C=O) groups is 1. The molecule has 0 fully saturated rings. The number of anilines is 1. The number of halogens is 1. The fourth-order valence-corrected chi connectivity index (χ4v) is 2.60. The predicted octanol–water partition coefficient (Wildman–Crippen LogP) is 2.82. The summed E-state index contributed by atoms with van der Waals surface area (Å²) in [6, 6.07) is 14.4. The van der Waals surface area contributed by atoms with Gasteiger partial charge in [-0.25, -0.2) is 4.39 Å². The van der Waals surface area contributed by atoms with Gasteiger partial charge < -0.3 is 10.2 Å². The summed E-state index contributed by atoms with van der Waals surface area (Å²) in [5.74, 6) is -0.270. The molecule has 0 unspecified atom stereocenters. The normalized spacial score (nSPS) is 13.7. The Hall–Kier alpha value is -2.36. The standard InChI is InChI=1S/C17H17FN2O/c18-15-6-3-7-16(10-15)19-11-17(21)20-9-8-13-4-1-2-5-14(13)12-20/h1-7,10,19H,8-9,11-12H2. The second kappa shape index (κ2) is 5.95. The zero-order valence-corrected chi connectivity index (χ0v) is 11.7. The van der Waals surface area contributed by atoms with Gasteiger partial charge in [-0.15, -0.1) is 0 Å². The quantitative estimate of drug-likeness (QED) is 0.940. The Morgan fingerprint density at radius 2 is 1.95 bits per heavy atom. The van der Waals surface area contributed by atoms with Crippen molar-refractivity contribution in [2.75, 3.05) is 18.4 Å². The molecule has 21 heavy (non-hydrogen) atoms. The van der Waals surface area contributed by atoms with Crippen molar-refractivity contribution in [1.29, 1.82) is 0 Å². The van der Waals surface area contributed by atoms with Gasteiger partial charge >= 0.3 is 0 Å². The third kappa shape index (κ3) is 3.21. The van der Waals surface area contributed by atoms with Gasteiger partial charge in [-0.2, -0.15) is 0 Å². The highest BCUT2D eigenvalue weighted by atomic mass is 19.1. The maximum Gasteiger partial charge on any atom is 0.242 e. The number of amides is 1. The molecule has 1 N–H and O–H groups in total.